The second-order valence-corrected chi connectivity index (χ2v) is 8.06. The molecule has 0 saturated carbocycles. The van der Waals surface area contributed by atoms with Crippen LogP contribution in [-0.4, -0.2) is 67.9 Å². The molecule has 4 nitrogen and oxygen atoms in total. The lowest BCUT2D eigenvalue weighted by atomic mass is 9.93. The first-order chi connectivity index (χ1) is 12.6. The Labute approximate surface area is 183 Å². The molecule has 6 heteroatoms. The minimum absolute atomic E-state index is 0. The van der Waals surface area contributed by atoms with E-state index in [0.717, 1.165) is 38.5 Å². The number of benzene rings is 1. The Morgan fingerprint density at radius 1 is 1.00 bits per heavy atom. The van der Waals surface area contributed by atoms with Crippen molar-refractivity contribution in [1.82, 2.24) is 9.80 Å². The average molecular weight is 430 g/mol. The van der Waals surface area contributed by atoms with Crippen LogP contribution in [0.3, 0.4) is 0 Å². The van der Waals surface area contributed by atoms with Gasteiger partial charge in [-0.15, -0.1) is 24.8 Å². The van der Waals surface area contributed by atoms with Crippen LogP contribution in [0.4, 0.5) is 5.69 Å². The van der Waals surface area contributed by atoms with Crippen LogP contribution in [0.15, 0.2) is 24.3 Å². The van der Waals surface area contributed by atoms with Crippen LogP contribution in [0.1, 0.15) is 38.7 Å². The third-order valence-corrected chi connectivity index (χ3v) is 6.06. The molecule has 0 aliphatic carbocycles. The molecule has 0 bridgehead atoms. The lowest BCUT2D eigenvalue weighted by Gasteiger charge is -2.37. The molecule has 0 spiro atoms. The van der Waals surface area contributed by atoms with Crippen molar-refractivity contribution in [2.45, 2.75) is 39.5 Å². The van der Waals surface area contributed by atoms with Gasteiger partial charge in [-0.1, -0.05) is 19.1 Å². The van der Waals surface area contributed by atoms with Crippen molar-refractivity contribution in [2.24, 2.45) is 5.92 Å². The second-order valence-electron chi connectivity index (χ2n) is 8.06. The lowest BCUT2D eigenvalue weighted by Crippen LogP contribution is -2.47. The van der Waals surface area contributed by atoms with Crippen LogP contribution in [0.25, 0.3) is 0 Å². The Balaban J connectivity index is 0.00000196. The molecule has 2 heterocycles. The van der Waals surface area contributed by atoms with Crippen molar-refractivity contribution in [3.8, 4) is 0 Å². The van der Waals surface area contributed by atoms with Crippen LogP contribution in [0.5, 0.6) is 0 Å². The highest BCUT2D eigenvalue weighted by Crippen LogP contribution is 2.22. The average Bonchev–Trinajstić information content (AvgIpc) is 2.67. The third kappa shape index (κ3) is 7.55. The molecule has 160 valence electrons. The summed E-state index contributed by atoms with van der Waals surface area (Å²) >= 11 is 0. The first-order valence-corrected chi connectivity index (χ1v) is 10.4. The molecule has 2 fully saturated rings. The lowest BCUT2D eigenvalue weighted by molar-refractivity contribution is -0.118. The number of aryl methyl sites for hydroxylation is 1. The van der Waals surface area contributed by atoms with Crippen molar-refractivity contribution in [3.63, 3.8) is 0 Å². The second kappa shape index (κ2) is 12.7. The number of Topliss-reactive ketones (excluding diaryl/α,β-unsaturated/α-hetero) is 1. The molecule has 0 unspecified atom stereocenters. The van der Waals surface area contributed by atoms with Crippen molar-refractivity contribution >= 4 is 36.3 Å². The van der Waals surface area contributed by atoms with Gasteiger partial charge >= 0.3 is 0 Å². The van der Waals surface area contributed by atoms with Crippen LogP contribution in [-0.2, 0) is 11.2 Å². The number of anilines is 1. The molecular weight excluding hydrogens is 393 g/mol. The number of hydrogen-bond donors (Lipinski definition) is 0. The van der Waals surface area contributed by atoms with Crippen LogP contribution in [0.2, 0.25) is 0 Å². The number of piperazine rings is 1. The van der Waals surface area contributed by atoms with Gasteiger partial charge in [0.25, 0.3) is 0 Å². The van der Waals surface area contributed by atoms with Crippen molar-refractivity contribution < 1.29 is 4.79 Å². The number of piperidine rings is 1. The summed E-state index contributed by atoms with van der Waals surface area (Å²) in [6.45, 7) is 12.7. The number of halogens is 2. The third-order valence-electron chi connectivity index (χ3n) is 6.06. The van der Waals surface area contributed by atoms with E-state index in [1.807, 2.05) is 0 Å². The van der Waals surface area contributed by atoms with E-state index in [-0.39, 0.29) is 24.8 Å². The molecule has 2 aliphatic rings. The molecule has 0 N–H and O–H groups in total. The van der Waals surface area contributed by atoms with Gasteiger partial charge in [-0.25, -0.2) is 0 Å². The van der Waals surface area contributed by atoms with E-state index in [2.05, 4.69) is 45.9 Å². The summed E-state index contributed by atoms with van der Waals surface area (Å²) in [6, 6.07) is 9.02. The zero-order valence-corrected chi connectivity index (χ0v) is 19.1. The van der Waals surface area contributed by atoms with Gasteiger partial charge in [0.1, 0.15) is 5.78 Å². The molecule has 1 aromatic rings. The Kier molecular flexibility index (Phi) is 11.4. The summed E-state index contributed by atoms with van der Waals surface area (Å²) in [5.41, 5.74) is 2.82. The summed E-state index contributed by atoms with van der Waals surface area (Å²) in [5, 5.41) is 0. The standard InChI is InChI=1S/C22H35N3O.2ClH/c1-3-20-5-4-6-22(17-20)25-15-13-23(14-16-25)10-7-21-8-11-24(12-9-21)18-19(2)26;;/h4-6,17,21H,3,7-16,18H2,1-2H3;2*1H. The maximum absolute atomic E-state index is 11.2. The van der Waals surface area contributed by atoms with E-state index >= 15 is 0 Å². The minimum atomic E-state index is 0. The highest BCUT2D eigenvalue weighted by molar-refractivity contribution is 5.85. The Hall–Kier alpha value is -0.810. The molecule has 28 heavy (non-hydrogen) atoms. The van der Waals surface area contributed by atoms with Gasteiger partial charge in [0, 0.05) is 31.9 Å². The normalized spacial score (nSPS) is 19.0. The predicted molar refractivity (Wildman–Crippen MR) is 123 cm³/mol. The fourth-order valence-corrected chi connectivity index (χ4v) is 4.32. The van der Waals surface area contributed by atoms with Gasteiger partial charge in [-0.2, -0.15) is 0 Å². The largest absolute Gasteiger partial charge is 0.369 e. The van der Waals surface area contributed by atoms with Gasteiger partial charge in [-0.3, -0.25) is 14.6 Å². The zero-order valence-electron chi connectivity index (χ0n) is 17.4. The molecule has 0 atom stereocenters. The Morgan fingerprint density at radius 2 is 1.68 bits per heavy atom. The summed E-state index contributed by atoms with van der Waals surface area (Å²) in [5.74, 6) is 1.14. The smallest absolute Gasteiger partial charge is 0.143 e. The highest BCUT2D eigenvalue weighted by Gasteiger charge is 2.22. The van der Waals surface area contributed by atoms with Crippen LogP contribution in [0, 0.1) is 5.92 Å². The first-order valence-electron chi connectivity index (χ1n) is 10.4. The molecule has 3 rings (SSSR count). The van der Waals surface area contributed by atoms with E-state index in [0.29, 0.717) is 12.3 Å². The summed E-state index contributed by atoms with van der Waals surface area (Å²) in [6.07, 6.45) is 4.95. The van der Waals surface area contributed by atoms with Crippen molar-refractivity contribution in [2.75, 3.05) is 57.3 Å². The van der Waals surface area contributed by atoms with Crippen molar-refractivity contribution in [3.05, 3.63) is 29.8 Å². The van der Waals surface area contributed by atoms with E-state index in [1.165, 1.54) is 50.1 Å². The van der Waals surface area contributed by atoms with Gasteiger partial charge in [0.15, 0.2) is 0 Å². The van der Waals surface area contributed by atoms with E-state index in [9.17, 15) is 4.79 Å². The Morgan fingerprint density at radius 3 is 2.29 bits per heavy atom. The number of likely N-dealkylation sites (tertiary alicyclic amines) is 1. The number of carbonyl (C=O) groups is 1. The summed E-state index contributed by atoms with van der Waals surface area (Å²) < 4.78 is 0. The maximum atomic E-state index is 11.2. The van der Waals surface area contributed by atoms with Crippen LogP contribution >= 0.6 is 24.8 Å². The highest BCUT2D eigenvalue weighted by atomic mass is 35.5. The van der Waals surface area contributed by atoms with Gasteiger partial charge in [0.2, 0.25) is 0 Å². The van der Waals surface area contributed by atoms with Gasteiger partial charge in [0.05, 0.1) is 6.54 Å². The fourth-order valence-electron chi connectivity index (χ4n) is 4.32. The monoisotopic (exact) mass is 429 g/mol. The van der Waals surface area contributed by atoms with Gasteiger partial charge in [-0.05, 0) is 75.9 Å². The number of ketones is 1. The topological polar surface area (TPSA) is 26.8 Å². The molecule has 2 aliphatic heterocycles. The van der Waals surface area contributed by atoms with E-state index in [4.69, 9.17) is 0 Å². The summed E-state index contributed by atoms with van der Waals surface area (Å²) in [4.78, 5) is 18.7. The molecule has 0 amide bonds. The number of rotatable bonds is 7. The van der Waals surface area contributed by atoms with Gasteiger partial charge < -0.3 is 4.90 Å². The molecule has 1 aromatic carbocycles. The predicted octanol–water partition coefficient (Wildman–Crippen LogP) is 3.91. The van der Waals surface area contributed by atoms with E-state index in [1.54, 1.807) is 6.92 Å². The number of nitrogens with zero attached hydrogens (tertiary/aromatic N) is 3. The van der Waals surface area contributed by atoms with E-state index < -0.39 is 0 Å². The molecule has 2 saturated heterocycles. The van der Waals surface area contributed by atoms with Crippen LogP contribution < -0.4 is 4.90 Å². The first kappa shape index (κ1) is 25.2. The fraction of sp³-hybridized carbons (Fsp3) is 0.682. The molecule has 0 radical (unpaired) electrons. The summed E-state index contributed by atoms with van der Waals surface area (Å²) in [7, 11) is 0. The number of carbonyl (C=O) groups excluding carboxylic acids is 1. The maximum Gasteiger partial charge on any atom is 0.143 e. The Bertz CT molecular complexity index is 583. The molecular formula is C22H37Cl2N3O. The quantitative estimate of drug-likeness (QED) is 0.656. The molecule has 0 aromatic heterocycles. The van der Waals surface area contributed by atoms with Crippen molar-refractivity contribution in [1.29, 1.82) is 0 Å². The zero-order chi connectivity index (χ0) is 18.4. The minimum Gasteiger partial charge on any atom is -0.369 e. The SMILES string of the molecule is CCc1cccc(N2CCN(CCC3CCN(CC(C)=O)CC3)CC2)c1.Cl.Cl. The number of hydrogen-bond acceptors (Lipinski definition) is 4.